The highest BCUT2D eigenvalue weighted by molar-refractivity contribution is 6.68. The molecule has 1 atom stereocenters. The van der Waals surface area contributed by atoms with E-state index >= 15 is 0 Å². The predicted molar refractivity (Wildman–Crippen MR) is 86.3 cm³/mol. The molecule has 0 bridgehead atoms. The second kappa shape index (κ2) is 11.9. The van der Waals surface area contributed by atoms with E-state index in [4.69, 9.17) is 34.8 Å². The molecule has 1 unspecified atom stereocenters. The fraction of sp³-hybridized carbons (Fsp3) is 0.929. The molecule has 0 radical (unpaired) electrons. The van der Waals surface area contributed by atoms with Crippen LogP contribution in [-0.2, 0) is 4.79 Å². The molecule has 0 aromatic heterocycles. The number of hydrogen-bond acceptors (Lipinski definition) is 2. The Labute approximate surface area is 137 Å². The summed E-state index contributed by atoms with van der Waals surface area (Å²) in [6.07, 6.45) is 9.59. The minimum atomic E-state index is -1.88. The number of nitrogens with one attached hydrogen (secondary N) is 1. The molecule has 2 N–H and O–H groups in total. The number of aliphatic hydroxyl groups is 1. The van der Waals surface area contributed by atoms with Crippen LogP contribution >= 0.6 is 34.8 Å². The van der Waals surface area contributed by atoms with Crippen molar-refractivity contribution in [1.29, 1.82) is 0 Å². The molecule has 0 saturated carbocycles. The third-order valence-electron chi connectivity index (χ3n) is 3.12. The van der Waals surface area contributed by atoms with Crippen LogP contribution in [0, 0.1) is 0 Å². The highest BCUT2D eigenvalue weighted by atomic mass is 35.6. The van der Waals surface area contributed by atoms with Gasteiger partial charge in [-0.05, 0) is 6.42 Å². The fourth-order valence-electron chi connectivity index (χ4n) is 1.90. The van der Waals surface area contributed by atoms with Crippen LogP contribution in [0.15, 0.2) is 0 Å². The average molecular weight is 347 g/mol. The van der Waals surface area contributed by atoms with Crippen molar-refractivity contribution in [3.8, 4) is 0 Å². The zero-order chi connectivity index (χ0) is 15.4. The summed E-state index contributed by atoms with van der Waals surface area (Å²) < 4.78 is -1.88. The number of unbranched alkanes of at least 4 members (excludes halogenated alkanes) is 8. The Morgan fingerprint density at radius 3 is 1.90 bits per heavy atom. The molecule has 120 valence electrons. The average Bonchev–Trinajstić information content (AvgIpc) is 2.35. The van der Waals surface area contributed by atoms with Gasteiger partial charge in [-0.1, -0.05) is 93.1 Å². The lowest BCUT2D eigenvalue weighted by Gasteiger charge is -2.19. The van der Waals surface area contributed by atoms with Crippen molar-refractivity contribution in [1.82, 2.24) is 5.32 Å². The van der Waals surface area contributed by atoms with E-state index in [2.05, 4.69) is 12.2 Å². The maximum absolute atomic E-state index is 11.5. The van der Waals surface area contributed by atoms with Crippen molar-refractivity contribution in [2.24, 2.45) is 0 Å². The van der Waals surface area contributed by atoms with Crippen molar-refractivity contribution >= 4 is 40.7 Å². The van der Waals surface area contributed by atoms with E-state index in [0.717, 1.165) is 19.3 Å². The number of hydrogen-bond donors (Lipinski definition) is 2. The number of rotatable bonds is 11. The first-order chi connectivity index (χ1) is 9.38. The summed E-state index contributed by atoms with van der Waals surface area (Å²) in [6.45, 7) is 2.21. The normalized spacial score (nSPS) is 13.2. The summed E-state index contributed by atoms with van der Waals surface area (Å²) in [4.78, 5) is 11.5. The number of aliphatic hydroxyl groups excluding tert-OH is 1. The predicted octanol–water partition coefficient (Wildman–Crippen LogP) is 4.71. The number of amides is 1. The third-order valence-corrected chi connectivity index (χ3v) is 3.74. The molecule has 6 heteroatoms. The minimum absolute atomic E-state index is 0.285. The van der Waals surface area contributed by atoms with Crippen LogP contribution in [0.3, 0.4) is 0 Å². The largest absolute Gasteiger partial charge is 0.369 e. The molecular formula is C14H26Cl3NO2. The van der Waals surface area contributed by atoms with E-state index in [1.165, 1.54) is 38.5 Å². The van der Waals surface area contributed by atoms with Gasteiger partial charge < -0.3 is 10.4 Å². The van der Waals surface area contributed by atoms with Gasteiger partial charge in [0.2, 0.25) is 9.70 Å². The Hall–Kier alpha value is 0.300. The molecule has 0 fully saturated rings. The molecule has 0 aliphatic heterocycles. The van der Waals surface area contributed by atoms with Crippen LogP contribution in [0.1, 0.15) is 71.1 Å². The molecule has 0 rings (SSSR count). The Balaban J connectivity index is 3.40. The Morgan fingerprint density at radius 1 is 1.00 bits per heavy atom. The summed E-state index contributed by atoms with van der Waals surface area (Å²) in [6, 6.07) is 0. The fourth-order valence-corrected chi connectivity index (χ4v) is 2.07. The quantitative estimate of drug-likeness (QED) is 0.323. The highest BCUT2D eigenvalue weighted by Gasteiger charge is 2.31. The van der Waals surface area contributed by atoms with Gasteiger partial charge >= 0.3 is 0 Å². The first kappa shape index (κ1) is 20.3. The topological polar surface area (TPSA) is 49.3 Å². The van der Waals surface area contributed by atoms with Crippen molar-refractivity contribution < 1.29 is 9.90 Å². The summed E-state index contributed by atoms with van der Waals surface area (Å²) in [5.74, 6) is -0.285. The molecular weight excluding hydrogens is 321 g/mol. The van der Waals surface area contributed by atoms with Gasteiger partial charge in [-0.2, -0.15) is 0 Å². The van der Waals surface area contributed by atoms with Gasteiger partial charge in [0.25, 0.3) is 0 Å². The van der Waals surface area contributed by atoms with E-state index in [9.17, 15) is 9.90 Å². The molecule has 0 aromatic rings. The monoisotopic (exact) mass is 345 g/mol. The number of alkyl halides is 3. The zero-order valence-corrected chi connectivity index (χ0v) is 14.4. The van der Waals surface area contributed by atoms with Crippen LogP contribution in [0.5, 0.6) is 0 Å². The number of carbonyl (C=O) groups is 1. The van der Waals surface area contributed by atoms with Crippen LogP contribution in [-0.4, -0.2) is 21.0 Å². The molecule has 0 heterocycles. The van der Waals surface area contributed by atoms with Crippen molar-refractivity contribution in [2.45, 2.75) is 81.2 Å². The number of carbonyl (C=O) groups excluding carboxylic acids is 1. The maximum atomic E-state index is 11.5. The Morgan fingerprint density at radius 2 is 1.45 bits per heavy atom. The van der Waals surface area contributed by atoms with Gasteiger partial charge in [0.15, 0.2) is 6.23 Å². The Kier molecular flexibility index (Phi) is 12.1. The molecule has 0 aliphatic carbocycles. The van der Waals surface area contributed by atoms with Crippen LogP contribution < -0.4 is 5.32 Å². The summed E-state index contributed by atoms with van der Waals surface area (Å²) in [5, 5.41) is 11.6. The molecule has 0 saturated heterocycles. The highest BCUT2D eigenvalue weighted by Crippen LogP contribution is 2.28. The molecule has 0 aliphatic rings. The molecule has 3 nitrogen and oxygen atoms in total. The first-order valence-electron chi connectivity index (χ1n) is 7.42. The van der Waals surface area contributed by atoms with Crippen molar-refractivity contribution in [2.75, 3.05) is 0 Å². The molecule has 1 amide bonds. The van der Waals surface area contributed by atoms with Crippen LogP contribution in [0.25, 0.3) is 0 Å². The lowest BCUT2D eigenvalue weighted by Crippen LogP contribution is -2.43. The van der Waals surface area contributed by atoms with Gasteiger partial charge in [-0.25, -0.2) is 0 Å². The smallest absolute Gasteiger partial charge is 0.234 e. The van der Waals surface area contributed by atoms with Crippen LogP contribution in [0.2, 0.25) is 0 Å². The van der Waals surface area contributed by atoms with Gasteiger partial charge in [0, 0.05) is 6.42 Å². The number of halogens is 3. The second-order valence-electron chi connectivity index (χ2n) is 5.09. The standard InChI is InChI=1S/C14H26Cl3NO2/c1-2-3-4-5-6-7-8-9-10-11-12(19)18-13(20)14(15,16)17/h13,20H,2-11H2,1H3,(H,18,19). The third kappa shape index (κ3) is 12.1. The van der Waals surface area contributed by atoms with E-state index in [0.29, 0.717) is 6.42 Å². The zero-order valence-electron chi connectivity index (χ0n) is 12.1. The summed E-state index contributed by atoms with van der Waals surface area (Å²) in [5.41, 5.74) is 0. The van der Waals surface area contributed by atoms with Gasteiger partial charge in [-0.15, -0.1) is 0 Å². The molecule has 0 aromatic carbocycles. The van der Waals surface area contributed by atoms with Gasteiger partial charge in [-0.3, -0.25) is 4.79 Å². The lowest BCUT2D eigenvalue weighted by molar-refractivity contribution is -0.124. The summed E-state index contributed by atoms with van der Waals surface area (Å²) in [7, 11) is 0. The minimum Gasteiger partial charge on any atom is -0.369 e. The van der Waals surface area contributed by atoms with E-state index < -0.39 is 10.0 Å². The second-order valence-corrected chi connectivity index (χ2v) is 7.46. The molecule has 0 spiro atoms. The van der Waals surface area contributed by atoms with Gasteiger partial charge in [0.1, 0.15) is 0 Å². The SMILES string of the molecule is CCCCCCCCCCCC(=O)NC(O)C(Cl)(Cl)Cl. The van der Waals surface area contributed by atoms with E-state index in [1.807, 2.05) is 0 Å². The summed E-state index contributed by atoms with van der Waals surface area (Å²) >= 11 is 16.3. The van der Waals surface area contributed by atoms with Crippen LogP contribution in [0.4, 0.5) is 0 Å². The first-order valence-corrected chi connectivity index (χ1v) is 8.55. The maximum Gasteiger partial charge on any atom is 0.234 e. The van der Waals surface area contributed by atoms with Crippen molar-refractivity contribution in [3.05, 3.63) is 0 Å². The Bertz CT molecular complexity index is 257. The molecule has 20 heavy (non-hydrogen) atoms. The van der Waals surface area contributed by atoms with Crippen molar-refractivity contribution in [3.63, 3.8) is 0 Å². The van der Waals surface area contributed by atoms with E-state index in [-0.39, 0.29) is 5.91 Å². The lowest BCUT2D eigenvalue weighted by atomic mass is 10.1. The van der Waals surface area contributed by atoms with E-state index in [1.54, 1.807) is 0 Å². The van der Waals surface area contributed by atoms with Gasteiger partial charge in [0.05, 0.1) is 0 Å².